The van der Waals surface area contributed by atoms with E-state index in [1.54, 1.807) is 41.1 Å². The maximum Gasteiger partial charge on any atom is 0.260 e. The number of carbonyl (C=O) groups excluding carboxylic acids is 2. The van der Waals surface area contributed by atoms with Crippen LogP contribution >= 0.6 is 23.2 Å². The number of fused-ring (bicyclic) bond motifs is 1. The van der Waals surface area contributed by atoms with Crippen LogP contribution in [0, 0.1) is 5.92 Å². The third-order valence-electron chi connectivity index (χ3n) is 8.89. The Kier molecular flexibility index (Phi) is 12.5. The van der Waals surface area contributed by atoms with Crippen molar-refractivity contribution in [3.8, 4) is 22.6 Å². The van der Waals surface area contributed by atoms with Gasteiger partial charge in [0.2, 0.25) is 11.9 Å². The van der Waals surface area contributed by atoms with Crippen molar-refractivity contribution in [1.29, 1.82) is 0 Å². The molecule has 2 N–H and O–H groups in total. The summed E-state index contributed by atoms with van der Waals surface area (Å²) in [7, 11) is 6.78. The Bertz CT molecular complexity index is 1980. The number of halogens is 2. The maximum absolute atomic E-state index is 14.5. The standard InChI is InChI=1S/C38H42Cl2N6O5/c1-6-27(47)18-24-10-7-8-11-29(24)43-38-41-21-25-19-28(33-34(39)30(50-4)20-31(51-5)35(33)40)37(49)46(36(25)44-38)22-23-13-15-26(16-14-23)42-32(48)12-9-17-45(2)3/h6,9,12-16,19-21,24,29H,1,7-8,10-11,17-18,22H2,2-5H3,(H,42,48)(H,41,43,44)/b12-9+. The van der Waals surface area contributed by atoms with Crippen LogP contribution in [-0.2, 0) is 16.1 Å². The van der Waals surface area contributed by atoms with E-state index in [0.29, 0.717) is 47.1 Å². The molecule has 1 saturated carbocycles. The quantitative estimate of drug-likeness (QED) is 0.132. The number of hydrogen-bond donors (Lipinski definition) is 2. The van der Waals surface area contributed by atoms with E-state index in [9.17, 15) is 14.4 Å². The van der Waals surface area contributed by atoms with Crippen LogP contribution in [0.15, 0.2) is 72.2 Å². The topological polar surface area (TPSA) is 128 Å². The number of pyridine rings is 1. The summed E-state index contributed by atoms with van der Waals surface area (Å²) in [6.45, 7) is 4.41. The number of likely N-dealkylation sites (N-methyl/N-ethyl adjacent to an activating group) is 1. The molecule has 0 radical (unpaired) electrons. The number of ketones is 1. The molecular weight excluding hydrogens is 691 g/mol. The molecule has 0 spiro atoms. The van der Waals surface area contributed by atoms with Crippen molar-refractivity contribution < 1.29 is 19.1 Å². The Morgan fingerprint density at radius 1 is 1.06 bits per heavy atom. The second-order valence-electron chi connectivity index (χ2n) is 12.7. The molecule has 1 aliphatic rings. The van der Waals surface area contributed by atoms with Crippen LogP contribution in [0.2, 0.25) is 10.0 Å². The smallest absolute Gasteiger partial charge is 0.260 e. The van der Waals surface area contributed by atoms with E-state index in [-0.39, 0.29) is 51.4 Å². The van der Waals surface area contributed by atoms with Gasteiger partial charge in [0.05, 0.1) is 36.4 Å². The molecular formula is C38H42Cl2N6O5. The van der Waals surface area contributed by atoms with Gasteiger partial charge in [0.25, 0.3) is 5.56 Å². The van der Waals surface area contributed by atoms with Crippen LogP contribution in [0.5, 0.6) is 11.5 Å². The van der Waals surface area contributed by atoms with Gasteiger partial charge in [-0.15, -0.1) is 0 Å². The van der Waals surface area contributed by atoms with E-state index >= 15 is 0 Å². The minimum Gasteiger partial charge on any atom is -0.495 e. The van der Waals surface area contributed by atoms with Crippen molar-refractivity contribution >= 4 is 57.6 Å². The molecule has 2 atom stereocenters. The number of anilines is 2. The van der Waals surface area contributed by atoms with Crippen molar-refractivity contribution in [2.75, 3.05) is 45.5 Å². The molecule has 0 saturated heterocycles. The summed E-state index contributed by atoms with van der Waals surface area (Å²) in [6.07, 6.45) is 10.5. The highest BCUT2D eigenvalue weighted by Gasteiger charge is 2.28. The Balaban J connectivity index is 1.57. The molecule has 2 heterocycles. The number of ether oxygens (including phenoxy) is 2. The molecule has 5 rings (SSSR count). The molecule has 1 amide bonds. The second kappa shape index (κ2) is 17.0. The largest absolute Gasteiger partial charge is 0.495 e. The SMILES string of the molecule is C=CC(=O)CC1CCCCC1Nc1ncc2cc(-c3c(Cl)c(OC)cc(OC)c3Cl)c(=O)n(Cc3ccc(NC(=O)/C=C/CN(C)C)cc3)c2n1. The zero-order valence-corrected chi connectivity index (χ0v) is 30.7. The van der Waals surface area contributed by atoms with Crippen molar-refractivity contribution in [2.45, 2.75) is 44.7 Å². The van der Waals surface area contributed by atoms with Crippen LogP contribution in [0.1, 0.15) is 37.7 Å². The van der Waals surface area contributed by atoms with E-state index < -0.39 is 5.56 Å². The summed E-state index contributed by atoms with van der Waals surface area (Å²) in [5.41, 5.74) is 1.85. The lowest BCUT2D eigenvalue weighted by atomic mass is 9.81. The fourth-order valence-electron chi connectivity index (χ4n) is 6.26. The summed E-state index contributed by atoms with van der Waals surface area (Å²) in [4.78, 5) is 50.6. The first-order valence-corrected chi connectivity index (χ1v) is 17.4. The molecule has 268 valence electrons. The van der Waals surface area contributed by atoms with Crippen molar-refractivity contribution in [3.05, 3.63) is 93.4 Å². The number of methoxy groups -OCH3 is 2. The zero-order chi connectivity index (χ0) is 36.7. The maximum atomic E-state index is 14.5. The number of aromatic nitrogens is 3. The summed E-state index contributed by atoms with van der Waals surface area (Å²) < 4.78 is 12.5. The Hall–Kier alpha value is -4.71. The van der Waals surface area contributed by atoms with Gasteiger partial charge in [-0.3, -0.25) is 19.0 Å². The van der Waals surface area contributed by atoms with Crippen molar-refractivity contribution in [3.63, 3.8) is 0 Å². The average molecular weight is 734 g/mol. The van der Waals surface area contributed by atoms with Crippen molar-refractivity contribution in [1.82, 2.24) is 19.4 Å². The van der Waals surface area contributed by atoms with Gasteiger partial charge < -0.3 is 25.0 Å². The van der Waals surface area contributed by atoms with Gasteiger partial charge in [0, 0.05) is 54.0 Å². The number of benzene rings is 2. The number of amides is 1. The monoisotopic (exact) mass is 732 g/mol. The summed E-state index contributed by atoms with van der Waals surface area (Å²) in [5, 5.41) is 7.19. The van der Waals surface area contributed by atoms with Gasteiger partial charge >= 0.3 is 0 Å². The highest BCUT2D eigenvalue weighted by Crippen LogP contribution is 2.45. The van der Waals surface area contributed by atoms with E-state index in [4.69, 9.17) is 37.7 Å². The van der Waals surface area contributed by atoms with E-state index in [1.165, 1.54) is 26.4 Å². The normalized spacial score (nSPS) is 16.0. The highest BCUT2D eigenvalue weighted by atomic mass is 35.5. The van der Waals surface area contributed by atoms with E-state index in [1.807, 2.05) is 31.1 Å². The molecule has 2 unspecified atom stereocenters. The van der Waals surface area contributed by atoms with Gasteiger partial charge in [0.15, 0.2) is 5.78 Å². The lowest BCUT2D eigenvalue weighted by molar-refractivity contribution is -0.115. The molecule has 2 aromatic heterocycles. The lowest BCUT2D eigenvalue weighted by Crippen LogP contribution is -2.34. The molecule has 13 heteroatoms. The van der Waals surface area contributed by atoms with Crippen molar-refractivity contribution in [2.24, 2.45) is 5.92 Å². The van der Waals surface area contributed by atoms with Crippen LogP contribution in [0.25, 0.3) is 22.2 Å². The minimum atomic E-state index is -0.401. The molecule has 2 aromatic carbocycles. The lowest BCUT2D eigenvalue weighted by Gasteiger charge is -2.31. The van der Waals surface area contributed by atoms with E-state index in [0.717, 1.165) is 31.2 Å². The van der Waals surface area contributed by atoms with Gasteiger partial charge in [0.1, 0.15) is 17.1 Å². The fraction of sp³-hybridized carbons (Fsp3) is 0.342. The molecule has 1 aliphatic carbocycles. The predicted octanol–water partition coefficient (Wildman–Crippen LogP) is 7.00. The number of nitrogens with one attached hydrogen (secondary N) is 2. The zero-order valence-electron chi connectivity index (χ0n) is 29.2. The first-order chi connectivity index (χ1) is 24.5. The third kappa shape index (κ3) is 8.97. The molecule has 0 bridgehead atoms. The Morgan fingerprint density at radius 3 is 2.39 bits per heavy atom. The van der Waals surface area contributed by atoms with Crippen LogP contribution in [-0.4, -0.2) is 72.0 Å². The number of nitrogens with zero attached hydrogens (tertiary/aromatic N) is 4. The molecule has 0 aliphatic heterocycles. The Labute approximate surface area is 307 Å². The molecule has 11 nitrogen and oxygen atoms in total. The first kappa shape index (κ1) is 37.5. The van der Waals surface area contributed by atoms with Gasteiger partial charge in [-0.05, 0) is 62.7 Å². The number of hydrogen-bond acceptors (Lipinski definition) is 9. The third-order valence-corrected chi connectivity index (χ3v) is 9.64. The number of carbonyl (C=O) groups is 2. The first-order valence-electron chi connectivity index (χ1n) is 16.7. The predicted molar refractivity (Wildman–Crippen MR) is 203 cm³/mol. The van der Waals surface area contributed by atoms with Gasteiger partial charge in [-0.2, -0.15) is 4.98 Å². The van der Waals surface area contributed by atoms with Crippen LogP contribution < -0.4 is 25.7 Å². The summed E-state index contributed by atoms with van der Waals surface area (Å²) >= 11 is 13.6. The summed E-state index contributed by atoms with van der Waals surface area (Å²) in [5.74, 6) is 0.816. The molecule has 1 fully saturated rings. The van der Waals surface area contributed by atoms with Gasteiger partial charge in [-0.1, -0.05) is 60.8 Å². The number of rotatable bonds is 14. The Morgan fingerprint density at radius 2 is 1.75 bits per heavy atom. The van der Waals surface area contributed by atoms with Gasteiger partial charge in [-0.25, -0.2) is 4.98 Å². The van der Waals surface area contributed by atoms with Crippen LogP contribution in [0.4, 0.5) is 11.6 Å². The van der Waals surface area contributed by atoms with Crippen LogP contribution in [0.3, 0.4) is 0 Å². The number of allylic oxidation sites excluding steroid dienone is 1. The average Bonchev–Trinajstić information content (AvgIpc) is 3.11. The fourth-order valence-corrected chi connectivity index (χ4v) is 6.96. The summed E-state index contributed by atoms with van der Waals surface area (Å²) in [6, 6.07) is 10.4. The minimum absolute atomic E-state index is 0.00682. The molecule has 51 heavy (non-hydrogen) atoms. The van der Waals surface area contributed by atoms with E-state index in [2.05, 4.69) is 22.2 Å². The highest BCUT2D eigenvalue weighted by molar-refractivity contribution is 6.41. The molecule has 4 aromatic rings. The second-order valence-corrected chi connectivity index (χ2v) is 13.5.